The molecule has 3 unspecified atom stereocenters. The highest BCUT2D eigenvalue weighted by atomic mass is 16.5. The van der Waals surface area contributed by atoms with Gasteiger partial charge in [-0.15, -0.1) is 0 Å². The van der Waals surface area contributed by atoms with Crippen molar-refractivity contribution in [2.75, 3.05) is 6.61 Å². The summed E-state index contributed by atoms with van der Waals surface area (Å²) >= 11 is 0. The van der Waals surface area contributed by atoms with Gasteiger partial charge in [0.25, 0.3) is 0 Å². The lowest BCUT2D eigenvalue weighted by Crippen LogP contribution is -2.64. The summed E-state index contributed by atoms with van der Waals surface area (Å²) in [4.78, 5) is 13.2. The van der Waals surface area contributed by atoms with Gasteiger partial charge < -0.3 is 10.5 Å². The molecule has 0 spiro atoms. The summed E-state index contributed by atoms with van der Waals surface area (Å²) in [5.41, 5.74) is 11.6. The molecule has 0 amide bonds. The first kappa shape index (κ1) is 16.8. The van der Waals surface area contributed by atoms with Crippen molar-refractivity contribution in [3.05, 3.63) is 59.7 Å². The lowest BCUT2D eigenvalue weighted by atomic mass is 9.48. The van der Waals surface area contributed by atoms with Gasteiger partial charge in [-0.05, 0) is 72.1 Å². The summed E-state index contributed by atoms with van der Waals surface area (Å²) < 4.78 is 6.01. The minimum absolute atomic E-state index is 0.0480. The van der Waals surface area contributed by atoms with Crippen LogP contribution in [0.15, 0.2) is 48.5 Å². The predicted molar refractivity (Wildman–Crippen MR) is 109 cm³/mol. The fraction of sp³-hybridized carbons (Fsp3) is 0.480. The molecule has 5 aliphatic carbocycles. The number of hydrogen-bond acceptors (Lipinski definition) is 3. The van der Waals surface area contributed by atoms with E-state index in [0.717, 1.165) is 24.7 Å². The average Bonchev–Trinajstić information content (AvgIpc) is 2.99. The number of benzene rings is 2. The third-order valence-corrected chi connectivity index (χ3v) is 7.98. The van der Waals surface area contributed by atoms with Crippen molar-refractivity contribution in [2.24, 2.45) is 29.4 Å². The van der Waals surface area contributed by atoms with E-state index in [9.17, 15) is 4.79 Å². The van der Waals surface area contributed by atoms with Gasteiger partial charge in [-0.2, -0.15) is 0 Å². The van der Waals surface area contributed by atoms with Crippen LogP contribution < -0.4 is 5.73 Å². The first-order valence-electron chi connectivity index (χ1n) is 10.8. The molecule has 0 heterocycles. The molecule has 5 aliphatic rings. The van der Waals surface area contributed by atoms with Gasteiger partial charge in [0.05, 0.1) is 5.92 Å². The summed E-state index contributed by atoms with van der Waals surface area (Å²) in [6.45, 7) is 0.416. The largest absolute Gasteiger partial charge is 0.464 e. The van der Waals surface area contributed by atoms with Crippen molar-refractivity contribution in [1.82, 2.24) is 0 Å². The van der Waals surface area contributed by atoms with Gasteiger partial charge in [-0.3, -0.25) is 4.79 Å². The number of rotatable bonds is 3. The molecule has 0 aliphatic heterocycles. The summed E-state index contributed by atoms with van der Waals surface area (Å²) in [7, 11) is 0. The van der Waals surface area contributed by atoms with E-state index in [1.165, 1.54) is 41.5 Å². The second-order valence-electron chi connectivity index (χ2n) is 9.68. The van der Waals surface area contributed by atoms with Crippen LogP contribution in [-0.4, -0.2) is 18.1 Å². The van der Waals surface area contributed by atoms with Crippen LogP contribution in [0.2, 0.25) is 0 Å². The molecule has 4 saturated carbocycles. The topological polar surface area (TPSA) is 52.3 Å². The number of esters is 1. The molecule has 2 aromatic rings. The number of carbonyl (C=O) groups excluding carboxylic acids is 1. The van der Waals surface area contributed by atoms with E-state index >= 15 is 0 Å². The molecular weight excluding hydrogens is 346 g/mol. The van der Waals surface area contributed by atoms with Crippen molar-refractivity contribution in [3.63, 3.8) is 0 Å². The van der Waals surface area contributed by atoms with Gasteiger partial charge in [0, 0.05) is 11.5 Å². The summed E-state index contributed by atoms with van der Waals surface area (Å²) in [5.74, 6) is 1.88. The molecule has 7 rings (SSSR count). The molecule has 2 N–H and O–H groups in total. The van der Waals surface area contributed by atoms with Gasteiger partial charge in [0.15, 0.2) is 0 Å². The Morgan fingerprint density at radius 3 is 2.07 bits per heavy atom. The quantitative estimate of drug-likeness (QED) is 0.806. The van der Waals surface area contributed by atoms with E-state index in [4.69, 9.17) is 10.5 Å². The van der Waals surface area contributed by atoms with Crippen LogP contribution in [0.3, 0.4) is 0 Å². The molecule has 2 aromatic carbocycles. The normalized spacial score (nSPS) is 34.9. The molecule has 3 atom stereocenters. The standard InChI is InChI=1S/C25H27NO2/c26-25-12-15-9-16(13-25)11-17(10-15)23(25)24(27)28-14-22-20-7-3-1-5-18(20)19-6-2-4-8-21(19)22/h1-8,15-17,22-23H,9-14,26H2. The molecule has 4 fully saturated rings. The highest BCUT2D eigenvalue weighted by Crippen LogP contribution is 2.58. The Labute approximate surface area is 166 Å². The summed E-state index contributed by atoms with van der Waals surface area (Å²) in [6.07, 6.45) is 5.69. The van der Waals surface area contributed by atoms with Gasteiger partial charge in [0.1, 0.15) is 6.61 Å². The zero-order valence-corrected chi connectivity index (χ0v) is 16.1. The van der Waals surface area contributed by atoms with E-state index in [1.807, 2.05) is 0 Å². The summed E-state index contributed by atoms with van der Waals surface area (Å²) in [6, 6.07) is 17.0. The Kier molecular flexibility index (Phi) is 3.56. The van der Waals surface area contributed by atoms with Crippen LogP contribution in [0.4, 0.5) is 0 Å². The first-order chi connectivity index (χ1) is 13.6. The SMILES string of the molecule is NC12CC3CC(CC(C3)C1C(=O)OCC1c3ccccc3-c3ccccc31)C2. The molecule has 0 radical (unpaired) electrons. The van der Waals surface area contributed by atoms with E-state index in [1.54, 1.807) is 0 Å². The van der Waals surface area contributed by atoms with Crippen molar-refractivity contribution in [2.45, 2.75) is 43.6 Å². The maximum Gasteiger partial charge on any atom is 0.311 e. The van der Waals surface area contributed by atoms with Crippen LogP contribution >= 0.6 is 0 Å². The van der Waals surface area contributed by atoms with Gasteiger partial charge in [-0.1, -0.05) is 48.5 Å². The highest BCUT2D eigenvalue weighted by Gasteiger charge is 2.58. The lowest BCUT2D eigenvalue weighted by molar-refractivity contribution is -0.165. The number of nitrogens with two attached hydrogens (primary N) is 1. The first-order valence-corrected chi connectivity index (χ1v) is 10.8. The smallest absolute Gasteiger partial charge is 0.311 e. The second kappa shape index (κ2) is 5.93. The molecule has 3 nitrogen and oxygen atoms in total. The van der Waals surface area contributed by atoms with Crippen LogP contribution in [-0.2, 0) is 9.53 Å². The minimum Gasteiger partial charge on any atom is -0.464 e. The summed E-state index contributed by atoms with van der Waals surface area (Å²) in [5, 5.41) is 0. The molecule has 3 heteroatoms. The Hall–Kier alpha value is -2.13. The third kappa shape index (κ3) is 2.35. The molecule has 0 saturated heterocycles. The van der Waals surface area contributed by atoms with E-state index in [0.29, 0.717) is 12.5 Å². The van der Waals surface area contributed by atoms with Crippen LogP contribution in [0, 0.1) is 23.7 Å². The average molecular weight is 373 g/mol. The van der Waals surface area contributed by atoms with Gasteiger partial charge >= 0.3 is 5.97 Å². The number of carbonyl (C=O) groups is 1. The maximum atomic E-state index is 13.2. The van der Waals surface area contributed by atoms with Crippen molar-refractivity contribution in [1.29, 1.82) is 0 Å². The van der Waals surface area contributed by atoms with Crippen LogP contribution in [0.5, 0.6) is 0 Å². The van der Waals surface area contributed by atoms with E-state index < -0.39 is 0 Å². The maximum absolute atomic E-state index is 13.2. The van der Waals surface area contributed by atoms with Crippen LogP contribution in [0.1, 0.15) is 49.1 Å². The molecule has 4 bridgehead atoms. The second-order valence-corrected chi connectivity index (χ2v) is 9.68. The molecular formula is C25H27NO2. The fourth-order valence-electron chi connectivity index (χ4n) is 7.23. The zero-order chi connectivity index (χ0) is 18.9. The molecule has 144 valence electrons. The van der Waals surface area contributed by atoms with E-state index in [2.05, 4.69) is 48.5 Å². The Morgan fingerprint density at radius 1 is 0.929 bits per heavy atom. The molecule has 0 aromatic heterocycles. The fourth-order valence-corrected chi connectivity index (χ4v) is 7.23. The predicted octanol–water partition coefficient (Wildman–Crippen LogP) is 4.50. The Bertz CT molecular complexity index is 892. The lowest BCUT2D eigenvalue weighted by Gasteiger charge is -2.58. The highest BCUT2D eigenvalue weighted by molar-refractivity contribution is 5.79. The van der Waals surface area contributed by atoms with Gasteiger partial charge in [-0.25, -0.2) is 0 Å². The van der Waals surface area contributed by atoms with Crippen molar-refractivity contribution < 1.29 is 9.53 Å². The third-order valence-electron chi connectivity index (χ3n) is 7.98. The number of fused-ring (bicyclic) bond motifs is 3. The number of hydrogen-bond donors (Lipinski definition) is 1. The van der Waals surface area contributed by atoms with Crippen LogP contribution in [0.25, 0.3) is 11.1 Å². The van der Waals surface area contributed by atoms with Crippen molar-refractivity contribution >= 4 is 5.97 Å². The Morgan fingerprint density at radius 2 is 1.50 bits per heavy atom. The Balaban J connectivity index is 1.25. The van der Waals surface area contributed by atoms with E-state index in [-0.39, 0.29) is 23.3 Å². The zero-order valence-electron chi connectivity index (χ0n) is 16.1. The monoisotopic (exact) mass is 373 g/mol. The molecule has 28 heavy (non-hydrogen) atoms. The number of ether oxygens (including phenoxy) is 1. The minimum atomic E-state index is -0.322. The van der Waals surface area contributed by atoms with Crippen molar-refractivity contribution in [3.8, 4) is 11.1 Å². The van der Waals surface area contributed by atoms with Gasteiger partial charge in [0.2, 0.25) is 0 Å².